The van der Waals surface area contributed by atoms with E-state index in [1.165, 1.54) is 13.3 Å². The van der Waals surface area contributed by atoms with E-state index >= 15 is 0 Å². The number of carbonyl (C=O) groups excluding carboxylic acids is 2. The summed E-state index contributed by atoms with van der Waals surface area (Å²) in [6.45, 7) is 0. The number of hydrogen-bond acceptors (Lipinski definition) is 6. The highest BCUT2D eigenvalue weighted by Gasteiger charge is 2.10. The van der Waals surface area contributed by atoms with Crippen molar-refractivity contribution in [1.82, 2.24) is 4.98 Å². The van der Waals surface area contributed by atoms with Crippen LogP contribution in [0.3, 0.4) is 0 Å². The normalized spacial score (nSPS) is 10.1. The van der Waals surface area contributed by atoms with Crippen LogP contribution in [0.1, 0.15) is 20.7 Å². The summed E-state index contributed by atoms with van der Waals surface area (Å²) in [5.41, 5.74) is 2.22. The molecule has 7 heteroatoms. The second-order valence-electron chi connectivity index (χ2n) is 5.78. The maximum atomic E-state index is 12.4. The lowest BCUT2D eigenvalue weighted by Crippen LogP contribution is -2.13. The second-order valence-corrected chi connectivity index (χ2v) is 5.78. The molecule has 1 aromatic heterocycles. The van der Waals surface area contributed by atoms with E-state index in [0.717, 1.165) is 5.69 Å². The van der Waals surface area contributed by atoms with E-state index < -0.39 is 5.97 Å². The highest BCUT2D eigenvalue weighted by atomic mass is 16.5. The molecule has 3 rings (SSSR count). The molecule has 0 bridgehead atoms. The molecule has 0 saturated carbocycles. The van der Waals surface area contributed by atoms with Gasteiger partial charge in [-0.1, -0.05) is 12.1 Å². The van der Waals surface area contributed by atoms with Crippen LogP contribution in [0.2, 0.25) is 0 Å². The Morgan fingerprint density at radius 1 is 0.893 bits per heavy atom. The van der Waals surface area contributed by atoms with Crippen LogP contribution in [0.25, 0.3) is 0 Å². The van der Waals surface area contributed by atoms with Crippen LogP contribution in [0.15, 0.2) is 66.9 Å². The molecular formula is C21H19N3O4. The summed E-state index contributed by atoms with van der Waals surface area (Å²) in [7, 11) is 2.88. The number of amides is 1. The van der Waals surface area contributed by atoms with Crippen LogP contribution in [-0.4, -0.2) is 31.1 Å². The first-order valence-corrected chi connectivity index (χ1v) is 8.46. The summed E-state index contributed by atoms with van der Waals surface area (Å²) in [6, 6.07) is 17.3. The number of aromatic nitrogens is 1. The third-order valence-corrected chi connectivity index (χ3v) is 3.96. The molecule has 0 atom stereocenters. The van der Waals surface area contributed by atoms with Gasteiger partial charge in [-0.05, 0) is 48.5 Å². The fourth-order valence-corrected chi connectivity index (χ4v) is 2.50. The van der Waals surface area contributed by atoms with Gasteiger partial charge >= 0.3 is 5.97 Å². The Bertz CT molecular complexity index is 970. The summed E-state index contributed by atoms with van der Waals surface area (Å²) in [4.78, 5) is 28.1. The second kappa shape index (κ2) is 8.68. The number of esters is 1. The number of para-hydroxylation sites is 2. The van der Waals surface area contributed by atoms with E-state index in [1.54, 1.807) is 55.6 Å². The van der Waals surface area contributed by atoms with Gasteiger partial charge in [-0.25, -0.2) is 9.78 Å². The van der Waals surface area contributed by atoms with Gasteiger partial charge in [-0.3, -0.25) is 4.79 Å². The zero-order chi connectivity index (χ0) is 19.9. The minimum Gasteiger partial charge on any atom is -0.495 e. The van der Waals surface area contributed by atoms with Crippen molar-refractivity contribution in [2.75, 3.05) is 24.9 Å². The van der Waals surface area contributed by atoms with Gasteiger partial charge in [0.2, 0.25) is 0 Å². The number of pyridine rings is 1. The average molecular weight is 377 g/mol. The van der Waals surface area contributed by atoms with Gasteiger partial charge in [0, 0.05) is 11.9 Å². The smallest absolute Gasteiger partial charge is 0.337 e. The van der Waals surface area contributed by atoms with Gasteiger partial charge in [0.15, 0.2) is 0 Å². The molecule has 142 valence electrons. The third kappa shape index (κ3) is 4.45. The zero-order valence-electron chi connectivity index (χ0n) is 15.4. The summed E-state index contributed by atoms with van der Waals surface area (Å²) < 4.78 is 9.90. The van der Waals surface area contributed by atoms with Gasteiger partial charge in [-0.2, -0.15) is 0 Å². The van der Waals surface area contributed by atoms with Crippen molar-refractivity contribution in [3.8, 4) is 5.75 Å². The van der Waals surface area contributed by atoms with E-state index in [-0.39, 0.29) is 5.91 Å². The van der Waals surface area contributed by atoms with Gasteiger partial charge in [0.05, 0.1) is 31.0 Å². The molecule has 0 unspecified atom stereocenters. The standard InChI is InChI=1S/C21H19N3O4/c1-27-18-6-4-3-5-17(18)24-20(25)15-9-12-19(22-13-15)23-16-10-7-14(8-11-16)21(26)28-2/h3-13H,1-2H3,(H,22,23)(H,24,25). The number of hydrogen-bond donors (Lipinski definition) is 2. The lowest BCUT2D eigenvalue weighted by molar-refractivity contribution is 0.0600. The van der Waals surface area contributed by atoms with Crippen LogP contribution in [0, 0.1) is 0 Å². The van der Waals surface area contributed by atoms with Gasteiger partial charge in [0.25, 0.3) is 5.91 Å². The van der Waals surface area contributed by atoms with Crippen molar-refractivity contribution in [2.45, 2.75) is 0 Å². The monoisotopic (exact) mass is 377 g/mol. The van der Waals surface area contributed by atoms with Crippen LogP contribution in [0.4, 0.5) is 17.2 Å². The van der Waals surface area contributed by atoms with Crippen LogP contribution in [-0.2, 0) is 4.74 Å². The molecule has 0 radical (unpaired) electrons. The highest BCUT2D eigenvalue weighted by Crippen LogP contribution is 2.24. The minimum absolute atomic E-state index is 0.286. The van der Waals surface area contributed by atoms with E-state index in [0.29, 0.717) is 28.4 Å². The molecule has 3 aromatic rings. The first-order valence-electron chi connectivity index (χ1n) is 8.46. The Hall–Kier alpha value is -3.87. The summed E-state index contributed by atoms with van der Waals surface area (Å²) >= 11 is 0. The Morgan fingerprint density at radius 3 is 2.25 bits per heavy atom. The van der Waals surface area contributed by atoms with Crippen LogP contribution >= 0.6 is 0 Å². The maximum absolute atomic E-state index is 12.4. The number of carbonyl (C=O) groups is 2. The van der Waals surface area contributed by atoms with E-state index in [1.807, 2.05) is 12.1 Å². The first-order chi connectivity index (χ1) is 13.6. The van der Waals surface area contributed by atoms with Crippen LogP contribution in [0.5, 0.6) is 5.75 Å². The first kappa shape index (κ1) is 18.9. The van der Waals surface area contributed by atoms with Crippen molar-refractivity contribution in [3.05, 3.63) is 78.0 Å². The third-order valence-electron chi connectivity index (χ3n) is 3.96. The minimum atomic E-state index is -0.393. The summed E-state index contributed by atoms with van der Waals surface area (Å²) in [5, 5.41) is 5.91. The summed E-state index contributed by atoms with van der Waals surface area (Å²) in [5.74, 6) is 0.471. The largest absolute Gasteiger partial charge is 0.495 e. The number of anilines is 3. The predicted molar refractivity (Wildman–Crippen MR) is 106 cm³/mol. The van der Waals surface area contributed by atoms with Crippen molar-refractivity contribution in [1.29, 1.82) is 0 Å². The van der Waals surface area contributed by atoms with Crippen molar-refractivity contribution >= 4 is 29.1 Å². The van der Waals surface area contributed by atoms with E-state index in [2.05, 4.69) is 20.4 Å². The Balaban J connectivity index is 1.66. The number of nitrogens with one attached hydrogen (secondary N) is 2. The molecule has 2 aromatic carbocycles. The Morgan fingerprint density at radius 2 is 1.61 bits per heavy atom. The molecule has 0 fully saturated rings. The van der Waals surface area contributed by atoms with E-state index in [9.17, 15) is 9.59 Å². The Kier molecular flexibility index (Phi) is 5.86. The number of methoxy groups -OCH3 is 2. The number of nitrogens with zero attached hydrogens (tertiary/aromatic N) is 1. The molecule has 2 N–H and O–H groups in total. The topological polar surface area (TPSA) is 89.5 Å². The average Bonchev–Trinajstić information content (AvgIpc) is 2.74. The van der Waals surface area contributed by atoms with E-state index in [4.69, 9.17) is 4.74 Å². The molecule has 1 amide bonds. The van der Waals surface area contributed by atoms with Crippen molar-refractivity contribution in [3.63, 3.8) is 0 Å². The molecule has 7 nitrogen and oxygen atoms in total. The lowest BCUT2D eigenvalue weighted by Gasteiger charge is -2.10. The zero-order valence-corrected chi connectivity index (χ0v) is 15.4. The van der Waals surface area contributed by atoms with Gasteiger partial charge < -0.3 is 20.1 Å². The fourth-order valence-electron chi connectivity index (χ4n) is 2.50. The molecule has 0 saturated heterocycles. The molecule has 0 aliphatic rings. The summed E-state index contributed by atoms with van der Waals surface area (Å²) in [6.07, 6.45) is 1.48. The SMILES string of the molecule is COC(=O)c1ccc(Nc2ccc(C(=O)Nc3ccccc3OC)cn2)cc1. The molecular weight excluding hydrogens is 358 g/mol. The number of ether oxygens (including phenoxy) is 2. The molecule has 0 aliphatic heterocycles. The number of rotatable bonds is 6. The number of benzene rings is 2. The molecule has 1 heterocycles. The predicted octanol–water partition coefficient (Wildman–Crippen LogP) is 3.87. The lowest BCUT2D eigenvalue weighted by atomic mass is 10.2. The van der Waals surface area contributed by atoms with Crippen molar-refractivity contribution in [2.24, 2.45) is 0 Å². The van der Waals surface area contributed by atoms with Gasteiger partial charge in [0.1, 0.15) is 11.6 Å². The molecule has 28 heavy (non-hydrogen) atoms. The molecule has 0 aliphatic carbocycles. The van der Waals surface area contributed by atoms with Gasteiger partial charge in [-0.15, -0.1) is 0 Å². The highest BCUT2D eigenvalue weighted by molar-refractivity contribution is 6.04. The quantitative estimate of drug-likeness (QED) is 0.634. The Labute approximate surface area is 162 Å². The fraction of sp³-hybridized carbons (Fsp3) is 0.0952. The van der Waals surface area contributed by atoms with Crippen LogP contribution < -0.4 is 15.4 Å². The van der Waals surface area contributed by atoms with Crippen molar-refractivity contribution < 1.29 is 19.1 Å². The molecule has 0 spiro atoms. The maximum Gasteiger partial charge on any atom is 0.337 e.